The predicted octanol–water partition coefficient (Wildman–Crippen LogP) is 5.59. The van der Waals surface area contributed by atoms with E-state index in [1.165, 1.54) is 0 Å². The van der Waals surface area contributed by atoms with Crippen LogP contribution in [-0.4, -0.2) is 11.2 Å². The van der Waals surface area contributed by atoms with E-state index >= 15 is 0 Å². The van der Waals surface area contributed by atoms with Gasteiger partial charge < -0.3 is 0 Å². The van der Waals surface area contributed by atoms with Gasteiger partial charge in [-0.3, -0.25) is 4.98 Å². The molecular formula is C13H12ClF6N. The fourth-order valence-corrected chi connectivity index (χ4v) is 2.94. The van der Waals surface area contributed by atoms with E-state index < -0.39 is 24.0 Å². The molecule has 1 nitrogen and oxygen atoms in total. The Morgan fingerprint density at radius 2 is 1.57 bits per heavy atom. The molecule has 0 amide bonds. The highest BCUT2D eigenvalue weighted by Gasteiger charge is 2.42. The van der Waals surface area contributed by atoms with Gasteiger partial charge in [-0.2, -0.15) is 26.3 Å². The molecule has 21 heavy (non-hydrogen) atoms. The number of hydrogen-bond acceptors (Lipinski definition) is 1. The van der Waals surface area contributed by atoms with Crippen molar-refractivity contribution in [3.63, 3.8) is 0 Å². The lowest BCUT2D eigenvalue weighted by molar-refractivity contribution is -0.182. The summed E-state index contributed by atoms with van der Waals surface area (Å²) in [5, 5.41) is -0.0900. The smallest absolute Gasteiger partial charge is 0.251 e. The van der Waals surface area contributed by atoms with Crippen LogP contribution in [0.2, 0.25) is 5.02 Å². The zero-order chi connectivity index (χ0) is 15.8. The van der Waals surface area contributed by atoms with E-state index in [0.29, 0.717) is 5.56 Å². The number of hydrogen-bond donors (Lipinski definition) is 0. The maximum atomic E-state index is 12.6. The average molecular weight is 332 g/mol. The van der Waals surface area contributed by atoms with E-state index in [4.69, 9.17) is 11.6 Å². The second-order valence-electron chi connectivity index (χ2n) is 5.18. The molecule has 0 spiro atoms. The van der Waals surface area contributed by atoms with Crippen LogP contribution in [0, 0.1) is 5.92 Å². The first kappa shape index (κ1) is 16.4. The molecule has 1 fully saturated rings. The van der Waals surface area contributed by atoms with Gasteiger partial charge in [0.2, 0.25) is 0 Å². The lowest BCUT2D eigenvalue weighted by Gasteiger charge is -2.30. The van der Waals surface area contributed by atoms with E-state index in [9.17, 15) is 26.3 Å². The van der Waals surface area contributed by atoms with Crippen LogP contribution >= 0.6 is 11.6 Å². The van der Waals surface area contributed by atoms with Gasteiger partial charge in [0, 0.05) is 11.2 Å². The largest absolute Gasteiger partial charge is 0.433 e. The maximum absolute atomic E-state index is 12.6. The summed E-state index contributed by atoms with van der Waals surface area (Å²) < 4.78 is 75.1. The highest BCUT2D eigenvalue weighted by molar-refractivity contribution is 6.31. The minimum absolute atomic E-state index is 0.0362. The van der Waals surface area contributed by atoms with Crippen LogP contribution in [0.25, 0.3) is 0 Å². The van der Waals surface area contributed by atoms with Crippen molar-refractivity contribution in [1.29, 1.82) is 0 Å². The summed E-state index contributed by atoms with van der Waals surface area (Å²) in [5.74, 6) is -1.61. The highest BCUT2D eigenvalue weighted by Crippen LogP contribution is 2.44. The Labute approximate surface area is 122 Å². The van der Waals surface area contributed by atoms with Crippen molar-refractivity contribution < 1.29 is 26.3 Å². The Bertz CT molecular complexity index is 502. The van der Waals surface area contributed by atoms with Gasteiger partial charge in [0.1, 0.15) is 5.69 Å². The zero-order valence-corrected chi connectivity index (χ0v) is 11.5. The van der Waals surface area contributed by atoms with Crippen LogP contribution in [-0.2, 0) is 6.18 Å². The van der Waals surface area contributed by atoms with E-state index in [1.807, 2.05) is 0 Å². The van der Waals surface area contributed by atoms with E-state index in [2.05, 4.69) is 4.98 Å². The second kappa shape index (κ2) is 5.66. The van der Waals surface area contributed by atoms with Gasteiger partial charge in [-0.1, -0.05) is 11.6 Å². The van der Waals surface area contributed by atoms with Gasteiger partial charge in [0.15, 0.2) is 0 Å². The zero-order valence-electron chi connectivity index (χ0n) is 10.7. The summed E-state index contributed by atoms with van der Waals surface area (Å²) >= 11 is 5.83. The van der Waals surface area contributed by atoms with Crippen molar-refractivity contribution >= 4 is 11.6 Å². The number of pyridine rings is 1. The lowest BCUT2D eigenvalue weighted by Crippen LogP contribution is -2.27. The number of alkyl halides is 6. The van der Waals surface area contributed by atoms with Gasteiger partial charge >= 0.3 is 12.4 Å². The average Bonchev–Trinajstić information content (AvgIpc) is 2.36. The van der Waals surface area contributed by atoms with Crippen LogP contribution in [0.4, 0.5) is 26.3 Å². The molecule has 1 aromatic heterocycles. The standard InChI is InChI=1S/C13H12ClF6N/c14-10-5-11(13(18,19)20)21-6-9(10)7-1-3-8(4-2-7)12(15,16)17/h5-8H,1-4H2. The van der Waals surface area contributed by atoms with Gasteiger partial charge in [-0.05, 0) is 43.2 Å². The third-order valence-electron chi connectivity index (χ3n) is 3.80. The van der Waals surface area contributed by atoms with Crippen molar-refractivity contribution in [3.8, 4) is 0 Å². The molecule has 1 aliphatic rings. The minimum atomic E-state index is -4.59. The third kappa shape index (κ3) is 3.81. The molecule has 0 aliphatic heterocycles. The van der Waals surface area contributed by atoms with Crippen LogP contribution in [0.5, 0.6) is 0 Å². The Hall–Kier alpha value is -0.980. The van der Waals surface area contributed by atoms with Gasteiger partial charge in [0.05, 0.1) is 5.92 Å². The summed E-state index contributed by atoms with van der Waals surface area (Å²) in [5.41, 5.74) is -0.703. The van der Waals surface area contributed by atoms with E-state index in [-0.39, 0.29) is 36.6 Å². The maximum Gasteiger partial charge on any atom is 0.433 e. The first-order valence-corrected chi connectivity index (χ1v) is 6.76. The molecule has 1 aromatic rings. The number of nitrogens with zero attached hydrogens (tertiary/aromatic N) is 1. The highest BCUT2D eigenvalue weighted by atomic mass is 35.5. The fourth-order valence-electron chi connectivity index (χ4n) is 2.63. The number of rotatable bonds is 1. The van der Waals surface area contributed by atoms with Crippen LogP contribution in [0.3, 0.4) is 0 Å². The molecule has 1 heterocycles. The van der Waals surface area contributed by atoms with E-state index in [0.717, 1.165) is 12.3 Å². The Balaban J connectivity index is 2.11. The molecule has 8 heteroatoms. The fraction of sp³-hybridized carbons (Fsp3) is 0.615. The Kier molecular flexibility index (Phi) is 4.42. The summed E-state index contributed by atoms with van der Waals surface area (Å²) in [7, 11) is 0. The first-order chi connectivity index (χ1) is 9.59. The van der Waals surface area contributed by atoms with Gasteiger partial charge in [-0.25, -0.2) is 0 Å². The molecule has 118 valence electrons. The number of aromatic nitrogens is 1. The number of halogens is 7. The molecule has 0 unspecified atom stereocenters. The predicted molar refractivity (Wildman–Crippen MR) is 65.0 cm³/mol. The van der Waals surface area contributed by atoms with Crippen molar-refractivity contribution in [2.75, 3.05) is 0 Å². The van der Waals surface area contributed by atoms with Gasteiger partial charge in [0.25, 0.3) is 0 Å². The summed E-state index contributed by atoms with van der Waals surface area (Å²) in [6, 6.07) is 0.729. The molecule has 0 N–H and O–H groups in total. The van der Waals surface area contributed by atoms with Crippen LogP contribution < -0.4 is 0 Å². The Morgan fingerprint density at radius 1 is 1.00 bits per heavy atom. The SMILES string of the molecule is FC(F)(F)c1cc(Cl)c(C2CCC(C(F)(F)F)CC2)cn1. The van der Waals surface area contributed by atoms with Gasteiger partial charge in [-0.15, -0.1) is 0 Å². The summed E-state index contributed by atoms with van der Waals surface area (Å²) in [4.78, 5) is 3.32. The quantitative estimate of drug-likeness (QED) is 0.611. The van der Waals surface area contributed by atoms with Crippen molar-refractivity contribution in [2.24, 2.45) is 5.92 Å². The van der Waals surface area contributed by atoms with Crippen LogP contribution in [0.15, 0.2) is 12.3 Å². The molecular weight excluding hydrogens is 320 g/mol. The third-order valence-corrected chi connectivity index (χ3v) is 4.13. The molecule has 1 aliphatic carbocycles. The lowest BCUT2D eigenvalue weighted by atomic mass is 9.79. The molecule has 0 saturated heterocycles. The van der Waals surface area contributed by atoms with Crippen LogP contribution in [0.1, 0.15) is 42.9 Å². The van der Waals surface area contributed by atoms with Crippen molar-refractivity contribution in [2.45, 2.75) is 44.0 Å². The molecule has 1 saturated carbocycles. The Morgan fingerprint density at radius 3 is 2.00 bits per heavy atom. The van der Waals surface area contributed by atoms with Crippen molar-refractivity contribution in [3.05, 3.63) is 28.5 Å². The second-order valence-corrected chi connectivity index (χ2v) is 5.59. The first-order valence-electron chi connectivity index (χ1n) is 6.38. The van der Waals surface area contributed by atoms with E-state index in [1.54, 1.807) is 0 Å². The molecule has 0 radical (unpaired) electrons. The monoisotopic (exact) mass is 331 g/mol. The molecule has 0 bridgehead atoms. The normalized spacial score (nSPS) is 24.1. The summed E-state index contributed by atoms with van der Waals surface area (Å²) in [6.07, 6.45) is -7.35. The molecule has 2 rings (SSSR count). The van der Waals surface area contributed by atoms with Crippen molar-refractivity contribution in [1.82, 2.24) is 4.98 Å². The topological polar surface area (TPSA) is 12.9 Å². The minimum Gasteiger partial charge on any atom is -0.251 e. The molecule has 0 atom stereocenters. The molecule has 0 aromatic carbocycles. The summed E-state index contributed by atoms with van der Waals surface area (Å²) in [6.45, 7) is 0.